The van der Waals surface area contributed by atoms with E-state index in [4.69, 9.17) is 9.47 Å². The largest absolute Gasteiger partial charge is 0.508 e. The molecule has 0 aliphatic rings. The van der Waals surface area contributed by atoms with E-state index in [-0.39, 0.29) is 39.8 Å². The predicted molar refractivity (Wildman–Crippen MR) is 182 cm³/mol. The van der Waals surface area contributed by atoms with Crippen LogP contribution < -0.4 is 20.1 Å². The quantitative estimate of drug-likeness (QED) is 0.0974. The van der Waals surface area contributed by atoms with Crippen molar-refractivity contribution in [3.05, 3.63) is 145 Å². The summed E-state index contributed by atoms with van der Waals surface area (Å²) in [5.41, 5.74) is 3.23. The highest BCUT2D eigenvalue weighted by atomic mass is 16.6. The third-order valence-corrected chi connectivity index (χ3v) is 7.58. The normalized spacial score (nSPS) is 10.6. The van der Waals surface area contributed by atoms with E-state index in [0.29, 0.717) is 45.1 Å². The number of nitro groups is 2. The van der Waals surface area contributed by atoms with Crippen molar-refractivity contribution in [1.82, 2.24) is 0 Å². The maximum atomic E-state index is 13.3. The van der Waals surface area contributed by atoms with Crippen LogP contribution in [0.25, 0.3) is 0 Å². The summed E-state index contributed by atoms with van der Waals surface area (Å²) in [6.45, 7) is 7.02. The van der Waals surface area contributed by atoms with Gasteiger partial charge in [-0.15, -0.1) is 0 Å². The van der Waals surface area contributed by atoms with Crippen molar-refractivity contribution in [2.24, 2.45) is 0 Å². The summed E-state index contributed by atoms with van der Waals surface area (Å²) in [5.74, 6) is -0.338. The molecular weight excluding hydrogens is 632 g/mol. The summed E-state index contributed by atoms with van der Waals surface area (Å²) in [6, 6.07) is 22.2. The standard InChI is InChI=1S/C36H30N4O9/c1-20-7-11-29(48-33-16-26(39(44)45)9-5-22(33)3)18-31(20)37-35(42)24-13-25(15-28(41)14-24)36(43)38-32-19-30(12-8-21(32)2)49-34-17-27(40(46)47)10-6-23(34)4/h5-19,41H,1-4H3,(H,37,42)(H,38,43). The predicted octanol–water partition coefficient (Wildman–Crippen LogP) is 8.53. The number of aryl methyl sites for hydroxylation is 4. The van der Waals surface area contributed by atoms with Crippen LogP contribution in [0.1, 0.15) is 43.0 Å². The summed E-state index contributed by atoms with van der Waals surface area (Å²) in [5, 5.41) is 38.4. The Balaban J connectivity index is 1.33. The number of hydrogen-bond acceptors (Lipinski definition) is 9. The van der Waals surface area contributed by atoms with Gasteiger partial charge in [0.15, 0.2) is 0 Å². The van der Waals surface area contributed by atoms with Crippen molar-refractivity contribution in [2.75, 3.05) is 10.6 Å². The second kappa shape index (κ2) is 13.9. The molecule has 5 rings (SSSR count). The SMILES string of the molecule is Cc1ccc(Oc2cc([N+](=O)[O-])ccc2C)cc1NC(=O)c1cc(O)cc(C(=O)Nc2cc(Oc3cc([N+](=O)[O-])ccc3C)ccc2C)c1. The van der Waals surface area contributed by atoms with Crippen molar-refractivity contribution >= 4 is 34.6 Å². The number of aromatic hydroxyl groups is 1. The number of rotatable bonds is 10. The molecule has 0 saturated carbocycles. The van der Waals surface area contributed by atoms with Gasteiger partial charge in [0.1, 0.15) is 28.7 Å². The average molecular weight is 663 g/mol. The van der Waals surface area contributed by atoms with Gasteiger partial charge in [-0.25, -0.2) is 0 Å². The first-order valence-corrected chi connectivity index (χ1v) is 14.8. The molecule has 0 aliphatic heterocycles. The summed E-state index contributed by atoms with van der Waals surface area (Å²) in [7, 11) is 0. The second-order valence-corrected chi connectivity index (χ2v) is 11.2. The Morgan fingerprint density at radius 1 is 0.571 bits per heavy atom. The monoisotopic (exact) mass is 662 g/mol. The number of hydrogen-bond donors (Lipinski definition) is 3. The zero-order valence-electron chi connectivity index (χ0n) is 26.8. The van der Waals surface area contributed by atoms with Gasteiger partial charge in [-0.2, -0.15) is 0 Å². The third-order valence-electron chi connectivity index (χ3n) is 7.58. The van der Waals surface area contributed by atoms with Crippen molar-refractivity contribution in [3.63, 3.8) is 0 Å². The van der Waals surface area contributed by atoms with Crippen LogP contribution in [0.2, 0.25) is 0 Å². The van der Waals surface area contributed by atoms with E-state index in [1.807, 2.05) is 0 Å². The van der Waals surface area contributed by atoms with Gasteiger partial charge < -0.3 is 25.2 Å². The molecule has 3 N–H and O–H groups in total. The van der Waals surface area contributed by atoms with Crippen LogP contribution in [0.3, 0.4) is 0 Å². The Bertz CT molecular complexity index is 2000. The lowest BCUT2D eigenvalue weighted by atomic mass is 10.1. The van der Waals surface area contributed by atoms with Crippen molar-refractivity contribution < 1.29 is 34.0 Å². The molecule has 0 saturated heterocycles. The van der Waals surface area contributed by atoms with Crippen LogP contribution >= 0.6 is 0 Å². The highest BCUT2D eigenvalue weighted by Gasteiger charge is 2.17. The van der Waals surface area contributed by atoms with E-state index in [1.54, 1.807) is 76.2 Å². The van der Waals surface area contributed by atoms with Gasteiger partial charge in [-0.05, 0) is 92.4 Å². The lowest BCUT2D eigenvalue weighted by molar-refractivity contribution is -0.385. The van der Waals surface area contributed by atoms with Crippen LogP contribution in [0.5, 0.6) is 28.7 Å². The first-order chi connectivity index (χ1) is 23.3. The molecule has 49 heavy (non-hydrogen) atoms. The fourth-order valence-corrected chi connectivity index (χ4v) is 4.74. The molecule has 5 aromatic carbocycles. The second-order valence-electron chi connectivity index (χ2n) is 11.2. The van der Waals surface area contributed by atoms with Gasteiger partial charge in [-0.3, -0.25) is 29.8 Å². The van der Waals surface area contributed by atoms with E-state index in [1.165, 1.54) is 42.5 Å². The van der Waals surface area contributed by atoms with E-state index >= 15 is 0 Å². The number of phenolic OH excluding ortho intramolecular Hbond substituents is 1. The van der Waals surface area contributed by atoms with E-state index in [2.05, 4.69) is 10.6 Å². The zero-order valence-corrected chi connectivity index (χ0v) is 26.8. The molecule has 0 spiro atoms. The summed E-state index contributed by atoms with van der Waals surface area (Å²) in [4.78, 5) is 48.1. The maximum Gasteiger partial charge on any atom is 0.273 e. The molecule has 0 radical (unpaired) electrons. The average Bonchev–Trinajstić information content (AvgIpc) is 3.05. The van der Waals surface area contributed by atoms with Gasteiger partial charge >= 0.3 is 0 Å². The Kier molecular flexibility index (Phi) is 9.55. The number of carbonyl (C=O) groups excluding carboxylic acids is 2. The number of nitrogens with zero attached hydrogens (tertiary/aromatic N) is 2. The Labute approximate surface area is 280 Å². The van der Waals surface area contributed by atoms with Crippen LogP contribution in [0.4, 0.5) is 22.7 Å². The molecule has 0 heterocycles. The van der Waals surface area contributed by atoms with Crippen molar-refractivity contribution in [3.8, 4) is 28.7 Å². The number of phenols is 1. The molecule has 0 aromatic heterocycles. The highest BCUT2D eigenvalue weighted by Crippen LogP contribution is 2.33. The minimum absolute atomic E-state index is 0.000327. The summed E-state index contributed by atoms with van der Waals surface area (Å²) >= 11 is 0. The number of ether oxygens (including phenoxy) is 2. The molecule has 13 heteroatoms. The smallest absolute Gasteiger partial charge is 0.273 e. The number of anilines is 2. The molecule has 5 aromatic rings. The fourth-order valence-electron chi connectivity index (χ4n) is 4.74. The lowest BCUT2D eigenvalue weighted by Gasteiger charge is -2.14. The number of nitro benzene ring substituents is 2. The van der Waals surface area contributed by atoms with E-state index in [0.717, 1.165) is 0 Å². The van der Waals surface area contributed by atoms with E-state index < -0.39 is 21.7 Å². The van der Waals surface area contributed by atoms with Gasteiger partial charge in [0, 0.05) is 46.8 Å². The van der Waals surface area contributed by atoms with Crippen molar-refractivity contribution in [2.45, 2.75) is 27.7 Å². The molecular formula is C36H30N4O9. The minimum Gasteiger partial charge on any atom is -0.508 e. The fraction of sp³-hybridized carbons (Fsp3) is 0.111. The minimum atomic E-state index is -0.615. The molecule has 0 bridgehead atoms. The summed E-state index contributed by atoms with van der Waals surface area (Å²) in [6.07, 6.45) is 0. The molecule has 0 aliphatic carbocycles. The number of amides is 2. The molecule has 0 atom stereocenters. The third kappa shape index (κ3) is 7.97. The van der Waals surface area contributed by atoms with Gasteiger partial charge in [0.2, 0.25) is 0 Å². The molecule has 248 valence electrons. The summed E-state index contributed by atoms with van der Waals surface area (Å²) < 4.78 is 11.8. The number of benzene rings is 5. The molecule has 13 nitrogen and oxygen atoms in total. The van der Waals surface area contributed by atoms with Crippen LogP contribution in [0.15, 0.2) is 91.0 Å². The topological polar surface area (TPSA) is 183 Å². The molecule has 0 fully saturated rings. The molecule has 2 amide bonds. The Morgan fingerprint density at radius 2 is 0.959 bits per heavy atom. The number of non-ortho nitro benzene ring substituents is 2. The van der Waals surface area contributed by atoms with Gasteiger partial charge in [0.25, 0.3) is 23.2 Å². The molecule has 0 unspecified atom stereocenters. The van der Waals surface area contributed by atoms with Crippen LogP contribution in [0, 0.1) is 47.9 Å². The Hall–Kier alpha value is -6.76. The zero-order chi connectivity index (χ0) is 35.4. The Morgan fingerprint density at radius 3 is 1.35 bits per heavy atom. The lowest BCUT2D eigenvalue weighted by Crippen LogP contribution is -2.16. The first-order valence-electron chi connectivity index (χ1n) is 14.8. The van der Waals surface area contributed by atoms with Crippen LogP contribution in [-0.2, 0) is 0 Å². The van der Waals surface area contributed by atoms with Crippen molar-refractivity contribution in [1.29, 1.82) is 0 Å². The van der Waals surface area contributed by atoms with E-state index in [9.17, 15) is 34.9 Å². The number of carbonyl (C=O) groups is 2. The highest BCUT2D eigenvalue weighted by molar-refractivity contribution is 6.09. The number of nitrogens with one attached hydrogen (secondary N) is 2. The van der Waals surface area contributed by atoms with Gasteiger partial charge in [-0.1, -0.05) is 12.1 Å². The van der Waals surface area contributed by atoms with Crippen LogP contribution in [-0.4, -0.2) is 26.8 Å². The van der Waals surface area contributed by atoms with Gasteiger partial charge in [0.05, 0.1) is 22.0 Å². The maximum absolute atomic E-state index is 13.3. The first kappa shape index (κ1) is 33.6.